The van der Waals surface area contributed by atoms with Crippen molar-refractivity contribution in [1.82, 2.24) is 20.3 Å². The molecule has 0 unspecified atom stereocenters. The van der Waals surface area contributed by atoms with Gasteiger partial charge in [0.1, 0.15) is 0 Å². The number of aliphatic carboxylic acids is 1. The van der Waals surface area contributed by atoms with Gasteiger partial charge in [-0.05, 0) is 61.2 Å². The van der Waals surface area contributed by atoms with Gasteiger partial charge in [-0.1, -0.05) is 23.7 Å². The molecule has 0 atom stereocenters. The van der Waals surface area contributed by atoms with Crippen LogP contribution in [0.15, 0.2) is 48.5 Å². The zero-order valence-corrected chi connectivity index (χ0v) is 21.1. The van der Waals surface area contributed by atoms with E-state index in [1.165, 1.54) is 12.1 Å². The fraction of sp³-hybridized carbons (Fsp3) is 0.320. The van der Waals surface area contributed by atoms with E-state index in [4.69, 9.17) is 21.4 Å². The molecule has 4 rings (SSSR count). The van der Waals surface area contributed by atoms with E-state index in [2.05, 4.69) is 30.9 Å². The first-order valence-electron chi connectivity index (χ1n) is 11.9. The number of carboxylic acid groups (broad SMARTS) is 1. The summed E-state index contributed by atoms with van der Waals surface area (Å²) < 4.78 is 43.1. The number of carbonyl (C=O) groups excluding carboxylic acids is 1. The van der Waals surface area contributed by atoms with E-state index in [1.54, 1.807) is 24.3 Å². The maximum atomic E-state index is 12.8. The number of halogens is 4. The molecule has 0 saturated heterocycles. The highest BCUT2D eigenvalue weighted by molar-refractivity contribution is 6.30. The maximum absolute atomic E-state index is 12.8. The van der Waals surface area contributed by atoms with Crippen LogP contribution in [-0.4, -0.2) is 51.3 Å². The van der Waals surface area contributed by atoms with Crippen LogP contribution in [0.1, 0.15) is 41.6 Å². The molecule has 1 aliphatic carbocycles. The number of aromatic nitrogens is 3. The van der Waals surface area contributed by atoms with Gasteiger partial charge in [0.05, 0.1) is 5.54 Å². The van der Waals surface area contributed by atoms with Gasteiger partial charge in [-0.15, -0.1) is 0 Å². The third-order valence-electron chi connectivity index (χ3n) is 5.73. The zero-order chi connectivity index (χ0) is 28.0. The molecular formula is C25H24ClF3N6O4. The maximum Gasteiger partial charge on any atom is 0.422 e. The van der Waals surface area contributed by atoms with E-state index in [0.29, 0.717) is 22.7 Å². The lowest BCUT2D eigenvalue weighted by molar-refractivity contribution is -0.154. The van der Waals surface area contributed by atoms with E-state index in [1.807, 2.05) is 12.1 Å². The van der Waals surface area contributed by atoms with Crippen molar-refractivity contribution in [2.45, 2.75) is 37.4 Å². The Balaban J connectivity index is 1.48. The summed E-state index contributed by atoms with van der Waals surface area (Å²) in [5.74, 6) is -1.36. The van der Waals surface area contributed by atoms with Gasteiger partial charge in [-0.25, -0.2) is 0 Å². The van der Waals surface area contributed by atoms with Crippen LogP contribution in [-0.2, 0) is 10.3 Å². The predicted octanol–water partition coefficient (Wildman–Crippen LogP) is 4.91. The molecule has 1 heterocycles. The summed E-state index contributed by atoms with van der Waals surface area (Å²) in [4.78, 5) is 35.1. The van der Waals surface area contributed by atoms with Gasteiger partial charge in [0.15, 0.2) is 6.61 Å². The number of amides is 1. The van der Waals surface area contributed by atoms with Crippen molar-refractivity contribution in [2.75, 3.05) is 23.8 Å². The summed E-state index contributed by atoms with van der Waals surface area (Å²) in [5, 5.41) is 17.9. The van der Waals surface area contributed by atoms with Crippen LogP contribution in [0.4, 0.5) is 30.8 Å². The van der Waals surface area contributed by atoms with Gasteiger partial charge in [-0.2, -0.15) is 28.1 Å². The van der Waals surface area contributed by atoms with Crippen molar-refractivity contribution in [3.63, 3.8) is 0 Å². The van der Waals surface area contributed by atoms with Crippen LogP contribution in [0.3, 0.4) is 0 Å². The van der Waals surface area contributed by atoms with Crippen molar-refractivity contribution in [3.05, 3.63) is 64.7 Å². The molecule has 4 N–H and O–H groups in total. The Bertz CT molecular complexity index is 1320. The molecule has 3 aromatic rings. The number of alkyl halides is 3. The summed E-state index contributed by atoms with van der Waals surface area (Å²) >= 11 is 5.99. The molecule has 0 radical (unpaired) electrons. The third-order valence-corrected chi connectivity index (χ3v) is 5.99. The van der Waals surface area contributed by atoms with Crippen LogP contribution in [0.25, 0.3) is 0 Å². The highest BCUT2D eigenvalue weighted by Gasteiger charge is 2.45. The van der Waals surface area contributed by atoms with Crippen LogP contribution < -0.4 is 20.7 Å². The number of benzene rings is 2. The van der Waals surface area contributed by atoms with Gasteiger partial charge in [-0.3, -0.25) is 9.59 Å². The molecule has 1 aromatic heterocycles. The summed E-state index contributed by atoms with van der Waals surface area (Å²) in [6, 6.07) is 12.9. The zero-order valence-electron chi connectivity index (χ0n) is 20.4. The van der Waals surface area contributed by atoms with Gasteiger partial charge in [0.25, 0.3) is 5.91 Å². The summed E-state index contributed by atoms with van der Waals surface area (Å²) in [6.07, 6.45) is -2.84. The van der Waals surface area contributed by atoms with Crippen molar-refractivity contribution in [2.24, 2.45) is 0 Å². The quantitative estimate of drug-likeness (QED) is 0.226. The number of anilines is 3. The molecule has 2 aromatic carbocycles. The Hall–Kier alpha value is -4.13. The SMILES string of the molecule is O=C(O)CCCNC(=O)c1ccc(Nc2nc(NC3(c4ccc(Cl)cc4)CC3)nc(OCC(F)(F)F)n2)cc1. The molecule has 0 aliphatic heterocycles. The number of rotatable bonds is 12. The van der Waals surface area contributed by atoms with E-state index in [-0.39, 0.29) is 30.8 Å². The first-order chi connectivity index (χ1) is 18.5. The fourth-order valence-electron chi connectivity index (χ4n) is 3.65. The average molecular weight is 565 g/mol. The summed E-state index contributed by atoms with van der Waals surface area (Å²) in [7, 11) is 0. The Morgan fingerprint density at radius 2 is 1.67 bits per heavy atom. The van der Waals surface area contributed by atoms with Crippen LogP contribution in [0.2, 0.25) is 5.02 Å². The lowest BCUT2D eigenvalue weighted by Crippen LogP contribution is -2.24. The smallest absolute Gasteiger partial charge is 0.422 e. The monoisotopic (exact) mass is 564 g/mol. The van der Waals surface area contributed by atoms with Crippen LogP contribution in [0.5, 0.6) is 6.01 Å². The lowest BCUT2D eigenvalue weighted by Gasteiger charge is -2.19. The minimum absolute atomic E-state index is 0.0227. The number of hydrogen-bond donors (Lipinski definition) is 4. The molecule has 39 heavy (non-hydrogen) atoms. The van der Waals surface area contributed by atoms with Gasteiger partial charge >= 0.3 is 18.2 Å². The van der Waals surface area contributed by atoms with E-state index in [0.717, 1.165) is 18.4 Å². The normalized spacial score (nSPS) is 13.8. The fourth-order valence-corrected chi connectivity index (χ4v) is 3.78. The number of ether oxygens (including phenoxy) is 1. The van der Waals surface area contributed by atoms with E-state index in [9.17, 15) is 22.8 Å². The van der Waals surface area contributed by atoms with Crippen LogP contribution in [0, 0.1) is 0 Å². The number of nitrogens with one attached hydrogen (secondary N) is 3. The second-order valence-corrected chi connectivity index (χ2v) is 9.28. The summed E-state index contributed by atoms with van der Waals surface area (Å²) in [5.41, 5.74) is 1.22. The molecule has 1 fully saturated rings. The van der Waals surface area contributed by atoms with E-state index < -0.39 is 30.3 Å². The molecule has 1 saturated carbocycles. The largest absolute Gasteiger partial charge is 0.481 e. The minimum Gasteiger partial charge on any atom is -0.481 e. The first-order valence-corrected chi connectivity index (χ1v) is 12.3. The van der Waals surface area contributed by atoms with Gasteiger partial charge in [0, 0.05) is 29.2 Å². The first kappa shape index (κ1) is 27.9. The standard InChI is InChI=1S/C25H24ClF3N6O4/c26-17-7-5-16(6-8-17)24(11-12-24)35-22-32-21(33-23(34-22)39-14-25(27,28)29)31-18-9-3-15(4-10-18)20(38)30-13-1-2-19(36)37/h3-10H,1-2,11-14H2,(H,30,38)(H,36,37)(H2,31,32,33,34,35). The molecule has 0 spiro atoms. The Kier molecular flexibility index (Phi) is 8.38. The average Bonchev–Trinajstić information content (AvgIpc) is 3.66. The Labute approximate surface area is 226 Å². The lowest BCUT2D eigenvalue weighted by atomic mass is 10.1. The number of nitrogens with zero attached hydrogens (tertiary/aromatic N) is 3. The number of hydrogen-bond acceptors (Lipinski definition) is 8. The second kappa shape index (κ2) is 11.7. The molecule has 10 nitrogen and oxygen atoms in total. The minimum atomic E-state index is -4.58. The van der Waals surface area contributed by atoms with Crippen molar-refractivity contribution in [1.29, 1.82) is 0 Å². The molecular weight excluding hydrogens is 541 g/mol. The molecule has 14 heteroatoms. The van der Waals surface area contributed by atoms with Crippen LogP contribution >= 0.6 is 11.6 Å². The van der Waals surface area contributed by atoms with Gasteiger partial charge in [0.2, 0.25) is 11.9 Å². The molecule has 206 valence electrons. The molecule has 1 amide bonds. The summed E-state index contributed by atoms with van der Waals surface area (Å²) in [6.45, 7) is -1.36. The predicted molar refractivity (Wildman–Crippen MR) is 136 cm³/mol. The van der Waals surface area contributed by atoms with Crippen molar-refractivity contribution < 1.29 is 32.6 Å². The molecule has 1 aliphatic rings. The second-order valence-electron chi connectivity index (χ2n) is 8.84. The Morgan fingerprint density at radius 3 is 2.28 bits per heavy atom. The highest BCUT2D eigenvalue weighted by Crippen LogP contribution is 2.48. The van der Waals surface area contributed by atoms with Crippen molar-refractivity contribution >= 4 is 41.1 Å². The van der Waals surface area contributed by atoms with Gasteiger partial charge < -0.3 is 25.8 Å². The Morgan fingerprint density at radius 1 is 1.00 bits per heavy atom. The van der Waals surface area contributed by atoms with E-state index >= 15 is 0 Å². The number of carbonyl (C=O) groups is 2. The highest BCUT2D eigenvalue weighted by atomic mass is 35.5. The topological polar surface area (TPSA) is 138 Å². The van der Waals surface area contributed by atoms with Crippen molar-refractivity contribution in [3.8, 4) is 6.01 Å². The molecule has 0 bridgehead atoms. The number of carboxylic acids is 1. The third kappa shape index (κ3) is 8.18.